The predicted octanol–water partition coefficient (Wildman–Crippen LogP) is 6.47. The first-order chi connectivity index (χ1) is 16.1. The van der Waals surface area contributed by atoms with Gasteiger partial charge in [-0.2, -0.15) is 4.98 Å². The number of aryl methyl sites for hydroxylation is 1. The van der Waals surface area contributed by atoms with E-state index in [0.29, 0.717) is 34.7 Å². The van der Waals surface area contributed by atoms with Crippen LogP contribution in [0.15, 0.2) is 65.2 Å². The van der Waals surface area contributed by atoms with Crippen molar-refractivity contribution in [3.05, 3.63) is 88.3 Å². The summed E-state index contributed by atoms with van der Waals surface area (Å²) in [6.45, 7) is 2.40. The van der Waals surface area contributed by atoms with Crippen molar-refractivity contribution < 1.29 is 18.7 Å². The number of benzene rings is 3. The molecule has 4 rings (SSSR count). The van der Waals surface area contributed by atoms with E-state index in [1.54, 1.807) is 38.5 Å². The van der Waals surface area contributed by atoms with Gasteiger partial charge in [-0.05, 0) is 60.5 Å². The highest BCUT2D eigenvalue weighted by atomic mass is 35.5. The molecule has 0 atom stereocenters. The SMILES string of the molecule is COc1ccc(/C=C\c2nc(-c3cc(Cl)ccc3OC)no2)cc1COc1ccccc1C. The zero-order chi connectivity index (χ0) is 23.2. The Kier molecular flexibility index (Phi) is 6.95. The third-order valence-electron chi connectivity index (χ3n) is 5.04. The number of para-hydroxylation sites is 1. The van der Waals surface area contributed by atoms with Crippen molar-refractivity contribution in [3.8, 4) is 28.6 Å². The lowest BCUT2D eigenvalue weighted by Gasteiger charge is -2.12. The average molecular weight is 463 g/mol. The number of hydrogen-bond acceptors (Lipinski definition) is 6. The summed E-state index contributed by atoms with van der Waals surface area (Å²) in [7, 11) is 3.23. The Labute approximate surface area is 197 Å². The molecule has 6 nitrogen and oxygen atoms in total. The third-order valence-corrected chi connectivity index (χ3v) is 5.28. The molecule has 7 heteroatoms. The highest BCUT2D eigenvalue weighted by molar-refractivity contribution is 6.30. The van der Waals surface area contributed by atoms with Gasteiger partial charge in [0.15, 0.2) is 0 Å². The van der Waals surface area contributed by atoms with Crippen molar-refractivity contribution in [3.63, 3.8) is 0 Å². The standard InChI is InChI=1S/C26H23ClN2O4/c1-17-6-4-5-7-22(17)32-16-19-14-18(8-11-23(19)30-2)9-13-25-28-26(29-33-25)21-15-20(27)10-12-24(21)31-3/h4-15H,16H2,1-3H3/b13-9-. The Hall–Kier alpha value is -3.77. The molecule has 1 aromatic heterocycles. The number of halogens is 1. The molecule has 0 N–H and O–H groups in total. The molecule has 0 saturated heterocycles. The Morgan fingerprint density at radius 1 is 0.909 bits per heavy atom. The lowest BCUT2D eigenvalue weighted by Crippen LogP contribution is -2.00. The van der Waals surface area contributed by atoms with Crippen molar-refractivity contribution in [2.45, 2.75) is 13.5 Å². The minimum atomic E-state index is 0.362. The van der Waals surface area contributed by atoms with Gasteiger partial charge in [0.1, 0.15) is 23.9 Å². The lowest BCUT2D eigenvalue weighted by atomic mass is 10.1. The third kappa shape index (κ3) is 5.35. The summed E-state index contributed by atoms with van der Waals surface area (Å²) in [6, 6.07) is 19.0. The zero-order valence-electron chi connectivity index (χ0n) is 18.5. The zero-order valence-corrected chi connectivity index (χ0v) is 19.3. The summed E-state index contributed by atoms with van der Waals surface area (Å²) in [5.74, 6) is 2.98. The van der Waals surface area contributed by atoms with E-state index in [1.165, 1.54) is 0 Å². The van der Waals surface area contributed by atoms with Crippen molar-refractivity contribution in [1.82, 2.24) is 10.1 Å². The molecule has 0 radical (unpaired) electrons. The van der Waals surface area contributed by atoms with Crippen molar-refractivity contribution in [1.29, 1.82) is 0 Å². The van der Waals surface area contributed by atoms with Crippen LogP contribution in [0.25, 0.3) is 23.5 Å². The summed E-state index contributed by atoms with van der Waals surface area (Å²) in [5, 5.41) is 4.61. The summed E-state index contributed by atoms with van der Waals surface area (Å²) >= 11 is 6.11. The minimum Gasteiger partial charge on any atom is -0.496 e. The van der Waals surface area contributed by atoms with Crippen LogP contribution in [-0.2, 0) is 6.61 Å². The molecule has 4 aromatic rings. The fourth-order valence-corrected chi connectivity index (χ4v) is 3.50. The number of methoxy groups -OCH3 is 2. The quantitative estimate of drug-likeness (QED) is 0.299. The summed E-state index contributed by atoms with van der Waals surface area (Å²) < 4.78 is 22.2. The van der Waals surface area contributed by atoms with Crippen LogP contribution < -0.4 is 14.2 Å². The van der Waals surface area contributed by atoms with Crippen LogP contribution in [0.3, 0.4) is 0 Å². The normalized spacial score (nSPS) is 11.0. The van der Waals surface area contributed by atoms with E-state index in [9.17, 15) is 0 Å². The first kappa shape index (κ1) is 22.4. The molecule has 33 heavy (non-hydrogen) atoms. The molecular weight excluding hydrogens is 440 g/mol. The number of aromatic nitrogens is 2. The molecule has 0 bridgehead atoms. The second-order valence-corrected chi connectivity index (χ2v) is 7.70. The van der Waals surface area contributed by atoms with E-state index in [0.717, 1.165) is 28.2 Å². The van der Waals surface area contributed by atoms with Gasteiger partial charge in [-0.15, -0.1) is 0 Å². The molecule has 0 amide bonds. The van der Waals surface area contributed by atoms with Gasteiger partial charge in [-0.25, -0.2) is 0 Å². The molecule has 0 aliphatic heterocycles. The van der Waals surface area contributed by atoms with E-state index < -0.39 is 0 Å². The van der Waals surface area contributed by atoms with Crippen LogP contribution in [-0.4, -0.2) is 24.4 Å². The van der Waals surface area contributed by atoms with Gasteiger partial charge in [0.25, 0.3) is 5.89 Å². The van der Waals surface area contributed by atoms with Crippen LogP contribution in [0.5, 0.6) is 17.2 Å². The van der Waals surface area contributed by atoms with E-state index in [-0.39, 0.29) is 0 Å². The smallest absolute Gasteiger partial charge is 0.250 e. The largest absolute Gasteiger partial charge is 0.496 e. The maximum atomic E-state index is 6.11. The maximum Gasteiger partial charge on any atom is 0.250 e. The number of ether oxygens (including phenoxy) is 3. The Balaban J connectivity index is 1.53. The lowest BCUT2D eigenvalue weighted by molar-refractivity contribution is 0.295. The van der Waals surface area contributed by atoms with Crippen molar-refractivity contribution in [2.24, 2.45) is 0 Å². The monoisotopic (exact) mass is 462 g/mol. The van der Waals surface area contributed by atoms with Crippen molar-refractivity contribution in [2.75, 3.05) is 14.2 Å². The molecule has 3 aromatic carbocycles. The van der Waals surface area contributed by atoms with E-state index in [4.69, 9.17) is 30.3 Å². The highest BCUT2D eigenvalue weighted by Gasteiger charge is 2.13. The van der Waals surface area contributed by atoms with Crippen LogP contribution in [0, 0.1) is 6.92 Å². The van der Waals surface area contributed by atoms with Crippen LogP contribution in [0.2, 0.25) is 5.02 Å². The second-order valence-electron chi connectivity index (χ2n) is 7.26. The Bertz CT molecular complexity index is 1280. The predicted molar refractivity (Wildman–Crippen MR) is 129 cm³/mol. The van der Waals surface area contributed by atoms with Gasteiger partial charge in [0.2, 0.25) is 5.82 Å². The molecule has 1 heterocycles. The molecule has 0 spiro atoms. The van der Waals surface area contributed by atoms with E-state index in [2.05, 4.69) is 10.1 Å². The number of rotatable bonds is 8. The first-order valence-electron chi connectivity index (χ1n) is 10.3. The Morgan fingerprint density at radius 3 is 2.48 bits per heavy atom. The summed E-state index contributed by atoms with van der Waals surface area (Å²) in [4.78, 5) is 4.43. The van der Waals surface area contributed by atoms with Crippen LogP contribution in [0.4, 0.5) is 0 Å². The number of nitrogens with zero attached hydrogens (tertiary/aromatic N) is 2. The highest BCUT2D eigenvalue weighted by Crippen LogP contribution is 2.31. The fourth-order valence-electron chi connectivity index (χ4n) is 3.32. The van der Waals surface area contributed by atoms with Crippen LogP contribution in [0.1, 0.15) is 22.6 Å². The van der Waals surface area contributed by atoms with Gasteiger partial charge in [0.05, 0.1) is 19.8 Å². The van der Waals surface area contributed by atoms with Crippen LogP contribution >= 0.6 is 11.6 Å². The molecule has 0 aliphatic carbocycles. The molecular formula is C26H23ClN2O4. The van der Waals surface area contributed by atoms with E-state index >= 15 is 0 Å². The molecule has 0 aliphatic rings. The molecule has 168 valence electrons. The van der Waals surface area contributed by atoms with E-state index in [1.807, 2.05) is 55.5 Å². The maximum absolute atomic E-state index is 6.11. The molecule has 0 saturated carbocycles. The van der Waals surface area contributed by atoms with Crippen molar-refractivity contribution >= 4 is 23.8 Å². The molecule has 0 unspecified atom stereocenters. The van der Waals surface area contributed by atoms with Gasteiger partial charge in [-0.3, -0.25) is 0 Å². The molecule has 0 fully saturated rings. The van der Waals surface area contributed by atoms with Gasteiger partial charge in [0, 0.05) is 16.7 Å². The fraction of sp³-hybridized carbons (Fsp3) is 0.154. The van der Waals surface area contributed by atoms with Gasteiger partial charge < -0.3 is 18.7 Å². The number of hydrogen-bond donors (Lipinski definition) is 0. The average Bonchev–Trinajstić information content (AvgIpc) is 3.31. The summed E-state index contributed by atoms with van der Waals surface area (Å²) in [5.41, 5.74) is 3.61. The second kappa shape index (κ2) is 10.2. The van der Waals surface area contributed by atoms with Gasteiger partial charge in [-0.1, -0.05) is 41.0 Å². The summed E-state index contributed by atoms with van der Waals surface area (Å²) in [6.07, 6.45) is 3.64. The topological polar surface area (TPSA) is 66.6 Å². The van der Waals surface area contributed by atoms with Gasteiger partial charge >= 0.3 is 0 Å². The minimum absolute atomic E-state index is 0.362. The first-order valence-corrected chi connectivity index (χ1v) is 10.7. The Morgan fingerprint density at radius 2 is 1.70 bits per heavy atom.